The zero-order valence-electron chi connectivity index (χ0n) is 11.7. The number of carbonyl (C=O) groups is 1. The maximum absolute atomic E-state index is 12.2. The number of hydrogen-bond donors (Lipinski definition) is 1. The molecule has 112 valence electrons. The van der Waals surface area contributed by atoms with Gasteiger partial charge in [0.1, 0.15) is 0 Å². The lowest BCUT2D eigenvalue weighted by molar-refractivity contribution is -0.141. The van der Waals surface area contributed by atoms with Gasteiger partial charge in [0.15, 0.2) is 0 Å². The molecule has 0 saturated carbocycles. The van der Waals surface area contributed by atoms with Crippen LogP contribution in [0.1, 0.15) is 26.2 Å². The first-order valence-electron chi connectivity index (χ1n) is 6.85. The van der Waals surface area contributed by atoms with Gasteiger partial charge in [0.05, 0.1) is 13.7 Å². The minimum atomic E-state index is -2.31. The Bertz CT molecular complexity index is 277. The Labute approximate surface area is 113 Å². The van der Waals surface area contributed by atoms with Crippen molar-refractivity contribution in [3.05, 3.63) is 0 Å². The number of methoxy groups -OCH3 is 1. The number of alkyl halides is 2. The summed E-state index contributed by atoms with van der Waals surface area (Å²) in [6.45, 7) is 4.44. The average Bonchev–Trinajstić information content (AvgIpc) is 2.42. The third-order valence-corrected chi connectivity index (χ3v) is 3.61. The van der Waals surface area contributed by atoms with E-state index in [0.717, 1.165) is 32.5 Å². The smallest absolute Gasteiger partial charge is 0.305 e. The van der Waals surface area contributed by atoms with E-state index in [1.807, 2.05) is 0 Å². The summed E-state index contributed by atoms with van der Waals surface area (Å²) < 4.78 is 29.1. The lowest BCUT2D eigenvalue weighted by atomic mass is 9.90. The normalized spacial score (nSPS) is 24.7. The van der Waals surface area contributed by atoms with Crippen molar-refractivity contribution < 1.29 is 18.3 Å². The summed E-state index contributed by atoms with van der Waals surface area (Å²) in [6.07, 6.45) is -0.304. The first kappa shape index (κ1) is 16.3. The van der Waals surface area contributed by atoms with E-state index in [1.54, 1.807) is 0 Å². The molecule has 0 spiro atoms. The molecule has 0 aromatic carbocycles. The summed E-state index contributed by atoms with van der Waals surface area (Å²) in [5.74, 6) is 0.161. The molecule has 0 radical (unpaired) electrons. The number of halogens is 2. The molecule has 2 atom stereocenters. The quantitative estimate of drug-likeness (QED) is 0.717. The van der Waals surface area contributed by atoms with Crippen LogP contribution in [0, 0.1) is 5.92 Å². The Kier molecular flexibility index (Phi) is 7.23. The van der Waals surface area contributed by atoms with Crippen molar-refractivity contribution in [1.29, 1.82) is 0 Å². The van der Waals surface area contributed by atoms with Crippen LogP contribution in [0.15, 0.2) is 0 Å². The number of ether oxygens (including phenoxy) is 1. The third kappa shape index (κ3) is 6.29. The highest BCUT2D eigenvalue weighted by molar-refractivity contribution is 5.69. The molecule has 1 aliphatic rings. The van der Waals surface area contributed by atoms with E-state index in [2.05, 4.69) is 21.9 Å². The number of hydrogen-bond acceptors (Lipinski definition) is 4. The highest BCUT2D eigenvalue weighted by Gasteiger charge is 2.27. The Hall–Kier alpha value is -0.750. The predicted octanol–water partition coefficient (Wildman–Crippen LogP) is 1.50. The lowest BCUT2D eigenvalue weighted by Gasteiger charge is -2.37. The number of likely N-dealkylation sites (N-methyl/N-ethyl adjacent to an activating group) is 1. The van der Waals surface area contributed by atoms with Crippen LogP contribution in [-0.2, 0) is 9.53 Å². The minimum absolute atomic E-state index is 0.0883. The fraction of sp³-hybridized carbons (Fsp3) is 0.923. The number of likely N-dealkylation sites (tertiary alicyclic amines) is 1. The van der Waals surface area contributed by atoms with E-state index in [-0.39, 0.29) is 18.6 Å². The molecular formula is C13H24F2N2O2. The van der Waals surface area contributed by atoms with Gasteiger partial charge in [-0.3, -0.25) is 4.79 Å². The van der Waals surface area contributed by atoms with Crippen LogP contribution in [0.5, 0.6) is 0 Å². The van der Waals surface area contributed by atoms with Gasteiger partial charge < -0.3 is 15.0 Å². The molecule has 1 saturated heterocycles. The van der Waals surface area contributed by atoms with Crippen LogP contribution in [0.4, 0.5) is 8.78 Å². The minimum Gasteiger partial charge on any atom is -0.469 e. The molecule has 1 N–H and O–H groups in total. The summed E-state index contributed by atoms with van der Waals surface area (Å²) >= 11 is 0. The van der Waals surface area contributed by atoms with Crippen LogP contribution < -0.4 is 5.32 Å². The summed E-state index contributed by atoms with van der Waals surface area (Å²) in [7, 11) is 1.38. The van der Waals surface area contributed by atoms with Crippen molar-refractivity contribution in [3.8, 4) is 0 Å². The third-order valence-electron chi connectivity index (χ3n) is 3.61. The van der Waals surface area contributed by atoms with Crippen LogP contribution in [-0.4, -0.2) is 56.6 Å². The second-order valence-electron chi connectivity index (χ2n) is 5.06. The molecule has 4 nitrogen and oxygen atoms in total. The monoisotopic (exact) mass is 278 g/mol. The number of rotatable bonds is 7. The zero-order valence-corrected chi connectivity index (χ0v) is 11.7. The summed E-state index contributed by atoms with van der Waals surface area (Å²) in [5, 5.41) is 2.91. The zero-order chi connectivity index (χ0) is 14.3. The van der Waals surface area contributed by atoms with Crippen molar-refractivity contribution in [2.45, 2.75) is 38.7 Å². The molecule has 6 heteroatoms. The second-order valence-corrected chi connectivity index (χ2v) is 5.06. The molecule has 1 rings (SSSR count). The molecule has 1 fully saturated rings. The summed E-state index contributed by atoms with van der Waals surface area (Å²) in [6, 6.07) is 0.0883. The van der Waals surface area contributed by atoms with Crippen LogP contribution in [0.25, 0.3) is 0 Å². The fourth-order valence-electron chi connectivity index (χ4n) is 2.60. The van der Waals surface area contributed by atoms with Gasteiger partial charge >= 0.3 is 5.97 Å². The molecule has 0 aliphatic carbocycles. The van der Waals surface area contributed by atoms with Gasteiger partial charge in [-0.1, -0.05) is 6.92 Å². The second kappa shape index (κ2) is 8.43. The van der Waals surface area contributed by atoms with Crippen molar-refractivity contribution >= 4 is 5.97 Å². The van der Waals surface area contributed by atoms with Crippen molar-refractivity contribution in [2.75, 3.05) is 33.3 Å². The van der Waals surface area contributed by atoms with Crippen molar-refractivity contribution in [3.63, 3.8) is 0 Å². The Morgan fingerprint density at radius 2 is 2.21 bits per heavy atom. The van der Waals surface area contributed by atoms with E-state index < -0.39 is 6.43 Å². The highest BCUT2D eigenvalue weighted by Crippen LogP contribution is 2.21. The van der Waals surface area contributed by atoms with Gasteiger partial charge in [-0.2, -0.15) is 0 Å². The Balaban J connectivity index is 2.40. The first-order chi connectivity index (χ1) is 9.05. The molecule has 0 aromatic heterocycles. The molecule has 19 heavy (non-hydrogen) atoms. The molecule has 1 aliphatic heterocycles. The molecular weight excluding hydrogens is 254 g/mol. The van der Waals surface area contributed by atoms with E-state index >= 15 is 0 Å². The Morgan fingerprint density at radius 1 is 1.47 bits per heavy atom. The van der Waals surface area contributed by atoms with Crippen LogP contribution >= 0.6 is 0 Å². The number of nitrogens with one attached hydrogen (secondary N) is 1. The highest BCUT2D eigenvalue weighted by atomic mass is 19.3. The van der Waals surface area contributed by atoms with Gasteiger partial charge in [0, 0.05) is 25.6 Å². The van der Waals surface area contributed by atoms with Gasteiger partial charge in [-0.15, -0.1) is 0 Å². The van der Waals surface area contributed by atoms with Crippen LogP contribution in [0.2, 0.25) is 0 Å². The fourth-order valence-corrected chi connectivity index (χ4v) is 2.60. The van der Waals surface area contributed by atoms with Gasteiger partial charge in [-0.05, 0) is 25.3 Å². The topological polar surface area (TPSA) is 41.6 Å². The number of nitrogens with zero attached hydrogens (tertiary/aromatic N) is 1. The van der Waals surface area contributed by atoms with Crippen LogP contribution in [0.3, 0.4) is 0 Å². The number of carbonyl (C=O) groups excluding carboxylic acids is 1. The maximum Gasteiger partial charge on any atom is 0.305 e. The largest absolute Gasteiger partial charge is 0.469 e. The van der Waals surface area contributed by atoms with E-state index in [0.29, 0.717) is 12.3 Å². The van der Waals surface area contributed by atoms with E-state index in [9.17, 15) is 13.6 Å². The average molecular weight is 278 g/mol. The lowest BCUT2D eigenvalue weighted by Crippen LogP contribution is -2.50. The number of esters is 1. The first-order valence-corrected chi connectivity index (χ1v) is 6.85. The predicted molar refractivity (Wildman–Crippen MR) is 69.3 cm³/mol. The maximum atomic E-state index is 12.2. The summed E-state index contributed by atoms with van der Waals surface area (Å²) in [4.78, 5) is 13.4. The van der Waals surface area contributed by atoms with E-state index in [1.165, 1.54) is 7.11 Å². The molecule has 1 heterocycles. The SMILES string of the molecule is CCN1CC(CCC(=O)OC)CC(NCC(F)F)C1. The van der Waals surface area contributed by atoms with Crippen molar-refractivity contribution in [1.82, 2.24) is 10.2 Å². The molecule has 0 bridgehead atoms. The molecule has 2 unspecified atom stereocenters. The van der Waals surface area contributed by atoms with Gasteiger partial charge in [0.25, 0.3) is 6.43 Å². The number of piperidine rings is 1. The van der Waals surface area contributed by atoms with E-state index in [4.69, 9.17) is 0 Å². The standard InChI is InChI=1S/C13H24F2N2O2/c1-3-17-8-10(4-5-13(18)19-2)6-11(9-17)16-7-12(14)15/h10-12,16H,3-9H2,1-2H3. The summed E-state index contributed by atoms with van der Waals surface area (Å²) in [5.41, 5.74) is 0. The molecule has 0 aromatic rings. The van der Waals surface area contributed by atoms with Gasteiger partial charge in [0.2, 0.25) is 0 Å². The Morgan fingerprint density at radius 3 is 2.79 bits per heavy atom. The van der Waals surface area contributed by atoms with Gasteiger partial charge in [-0.25, -0.2) is 8.78 Å². The molecule has 0 amide bonds. The van der Waals surface area contributed by atoms with Crippen molar-refractivity contribution in [2.24, 2.45) is 5.92 Å².